The van der Waals surface area contributed by atoms with Crippen molar-refractivity contribution in [2.24, 2.45) is 0 Å². The van der Waals surface area contributed by atoms with Gasteiger partial charge in [-0.05, 0) is 59.5 Å². The van der Waals surface area contributed by atoms with Crippen molar-refractivity contribution in [3.63, 3.8) is 0 Å². The van der Waals surface area contributed by atoms with E-state index in [4.69, 9.17) is 21.1 Å². The summed E-state index contributed by atoms with van der Waals surface area (Å²) < 4.78 is 13.0. The van der Waals surface area contributed by atoms with Crippen LogP contribution in [0.2, 0.25) is 5.02 Å². The van der Waals surface area contributed by atoms with E-state index in [2.05, 4.69) is 4.57 Å². The van der Waals surface area contributed by atoms with E-state index in [1.54, 1.807) is 14.2 Å². The number of aromatic nitrogens is 1. The van der Waals surface area contributed by atoms with Gasteiger partial charge in [-0.25, -0.2) is 0 Å². The number of halogens is 1. The van der Waals surface area contributed by atoms with Gasteiger partial charge in [0.2, 0.25) is 5.91 Å². The largest absolute Gasteiger partial charge is 0.493 e. The van der Waals surface area contributed by atoms with Gasteiger partial charge >= 0.3 is 0 Å². The van der Waals surface area contributed by atoms with Crippen molar-refractivity contribution in [3.8, 4) is 11.5 Å². The third-order valence-electron chi connectivity index (χ3n) is 5.93. The monoisotopic (exact) mass is 438 g/mol. The molecule has 0 bridgehead atoms. The van der Waals surface area contributed by atoms with Crippen LogP contribution in [0.3, 0.4) is 0 Å². The quantitative estimate of drug-likeness (QED) is 0.526. The number of carbonyl (C=O) groups excluding carboxylic acids is 1. The van der Waals surface area contributed by atoms with Gasteiger partial charge in [0, 0.05) is 49.4 Å². The molecule has 1 aliphatic rings. The molecule has 31 heavy (non-hydrogen) atoms. The molecule has 0 unspecified atom stereocenters. The Kier molecular flexibility index (Phi) is 6.52. The third kappa shape index (κ3) is 4.88. The number of hydrogen-bond acceptors (Lipinski definition) is 3. The predicted octanol–water partition coefficient (Wildman–Crippen LogP) is 4.92. The lowest BCUT2D eigenvalue weighted by Gasteiger charge is -2.31. The summed E-state index contributed by atoms with van der Waals surface area (Å²) >= 11 is 6.08. The maximum atomic E-state index is 13.3. The zero-order valence-corrected chi connectivity index (χ0v) is 18.6. The summed E-state index contributed by atoms with van der Waals surface area (Å²) in [6, 6.07) is 15.8. The molecule has 0 spiro atoms. The number of hydrogen-bond donors (Lipinski definition) is 0. The highest BCUT2D eigenvalue weighted by atomic mass is 35.5. The molecule has 0 radical (unpaired) electrons. The molecule has 1 aliphatic heterocycles. The number of nitrogens with zero attached hydrogens (tertiary/aromatic N) is 2. The number of carbonyl (C=O) groups is 1. The number of amides is 1. The smallest absolute Gasteiger partial charge is 0.223 e. The van der Waals surface area contributed by atoms with E-state index in [0.29, 0.717) is 30.3 Å². The fraction of sp³-hybridized carbons (Fsp3) is 0.320. The highest BCUT2D eigenvalue weighted by molar-refractivity contribution is 6.30. The second-order valence-corrected chi connectivity index (χ2v) is 8.31. The number of rotatable bonds is 7. The summed E-state index contributed by atoms with van der Waals surface area (Å²) in [5.41, 5.74) is 3.45. The Morgan fingerprint density at radius 2 is 1.68 bits per heavy atom. The Labute approximate surface area is 188 Å². The maximum absolute atomic E-state index is 13.3. The minimum atomic E-state index is 0.0731. The number of benzene rings is 2. The van der Waals surface area contributed by atoms with E-state index in [-0.39, 0.29) is 11.8 Å². The fourth-order valence-electron chi connectivity index (χ4n) is 4.21. The van der Waals surface area contributed by atoms with Crippen LogP contribution in [0.25, 0.3) is 0 Å². The SMILES string of the molecule is COc1cc2c(cc1OC)CN(C(=O)C[C@H](Cn1cccc1)c1ccc(Cl)cc1)CC2. The Bertz CT molecular complexity index is 1030. The van der Waals surface area contributed by atoms with Crippen molar-refractivity contribution in [3.05, 3.63) is 82.6 Å². The zero-order valence-electron chi connectivity index (χ0n) is 17.9. The van der Waals surface area contributed by atoms with E-state index in [9.17, 15) is 4.79 Å². The molecule has 162 valence electrons. The van der Waals surface area contributed by atoms with Crippen molar-refractivity contribution in [2.45, 2.75) is 31.8 Å². The van der Waals surface area contributed by atoms with Crippen LogP contribution in [-0.2, 0) is 24.3 Å². The van der Waals surface area contributed by atoms with Crippen LogP contribution >= 0.6 is 11.6 Å². The summed E-state index contributed by atoms with van der Waals surface area (Å²) in [4.78, 5) is 15.3. The van der Waals surface area contributed by atoms with E-state index >= 15 is 0 Å². The first kappa shape index (κ1) is 21.3. The van der Waals surface area contributed by atoms with Crippen LogP contribution in [-0.4, -0.2) is 36.1 Å². The highest BCUT2D eigenvalue weighted by Gasteiger charge is 2.25. The predicted molar refractivity (Wildman–Crippen MR) is 122 cm³/mol. The fourth-order valence-corrected chi connectivity index (χ4v) is 4.33. The standard InChI is InChI=1S/C25H27ClN2O3/c1-30-23-13-19-9-12-28(17-20(19)14-24(23)31-2)25(29)15-21(16-27-10-3-4-11-27)18-5-7-22(26)8-6-18/h3-8,10-11,13-14,21H,9,12,15-17H2,1-2H3/t21-/m1/s1. The van der Waals surface area contributed by atoms with Crippen LogP contribution in [0.4, 0.5) is 0 Å². The lowest BCUT2D eigenvalue weighted by molar-refractivity contribution is -0.132. The molecule has 0 saturated heterocycles. The van der Waals surface area contributed by atoms with E-state index in [1.165, 1.54) is 5.56 Å². The van der Waals surface area contributed by atoms with Gasteiger partial charge in [0.25, 0.3) is 0 Å². The topological polar surface area (TPSA) is 43.7 Å². The van der Waals surface area contributed by atoms with Crippen LogP contribution in [0.15, 0.2) is 60.9 Å². The van der Waals surface area contributed by atoms with Crippen molar-refractivity contribution in [2.75, 3.05) is 20.8 Å². The number of methoxy groups -OCH3 is 2. The Hall–Kier alpha value is -2.92. The molecular weight excluding hydrogens is 412 g/mol. The Morgan fingerprint density at radius 3 is 2.32 bits per heavy atom. The summed E-state index contributed by atoms with van der Waals surface area (Å²) in [7, 11) is 3.28. The van der Waals surface area contributed by atoms with E-state index in [1.807, 2.05) is 65.8 Å². The van der Waals surface area contributed by atoms with Gasteiger partial charge in [-0.15, -0.1) is 0 Å². The van der Waals surface area contributed by atoms with Crippen LogP contribution in [0.5, 0.6) is 11.5 Å². The second kappa shape index (κ2) is 9.48. The van der Waals surface area contributed by atoms with Crippen molar-refractivity contribution in [1.29, 1.82) is 0 Å². The van der Waals surface area contributed by atoms with E-state index < -0.39 is 0 Å². The third-order valence-corrected chi connectivity index (χ3v) is 6.18. The van der Waals surface area contributed by atoms with E-state index in [0.717, 1.165) is 29.8 Å². The zero-order chi connectivity index (χ0) is 21.8. The van der Waals surface area contributed by atoms with Gasteiger partial charge < -0.3 is 18.9 Å². The number of ether oxygens (including phenoxy) is 2. The highest BCUT2D eigenvalue weighted by Crippen LogP contribution is 2.34. The van der Waals surface area contributed by atoms with Gasteiger partial charge in [-0.3, -0.25) is 4.79 Å². The molecule has 1 atom stereocenters. The second-order valence-electron chi connectivity index (χ2n) is 7.87. The average Bonchev–Trinajstić information content (AvgIpc) is 3.31. The molecule has 2 aromatic carbocycles. The van der Waals surface area contributed by atoms with Gasteiger partial charge in [-0.1, -0.05) is 23.7 Å². The van der Waals surface area contributed by atoms with Crippen LogP contribution in [0, 0.1) is 0 Å². The van der Waals surface area contributed by atoms with Gasteiger partial charge in [-0.2, -0.15) is 0 Å². The molecule has 0 saturated carbocycles. The molecular formula is C25H27ClN2O3. The summed E-state index contributed by atoms with van der Waals surface area (Å²) in [6.45, 7) is 2.04. The summed E-state index contributed by atoms with van der Waals surface area (Å²) in [5.74, 6) is 1.66. The van der Waals surface area contributed by atoms with Gasteiger partial charge in [0.1, 0.15) is 0 Å². The van der Waals surface area contributed by atoms with Gasteiger partial charge in [0.05, 0.1) is 14.2 Å². The minimum absolute atomic E-state index is 0.0731. The number of fused-ring (bicyclic) bond motifs is 1. The minimum Gasteiger partial charge on any atom is -0.493 e. The summed E-state index contributed by atoms with van der Waals surface area (Å²) in [5, 5.41) is 0.701. The maximum Gasteiger partial charge on any atom is 0.223 e. The lowest BCUT2D eigenvalue weighted by atomic mass is 9.93. The molecule has 0 aliphatic carbocycles. The molecule has 2 heterocycles. The molecule has 5 nitrogen and oxygen atoms in total. The first-order valence-electron chi connectivity index (χ1n) is 10.4. The van der Waals surface area contributed by atoms with Gasteiger partial charge in [0.15, 0.2) is 11.5 Å². The average molecular weight is 439 g/mol. The molecule has 0 fully saturated rings. The molecule has 0 N–H and O–H groups in total. The molecule has 3 aromatic rings. The van der Waals surface area contributed by atoms with Crippen molar-refractivity contribution >= 4 is 17.5 Å². The Balaban J connectivity index is 1.51. The first-order valence-corrected chi connectivity index (χ1v) is 10.8. The molecule has 4 rings (SSSR count). The molecule has 1 aromatic heterocycles. The molecule has 6 heteroatoms. The van der Waals surface area contributed by atoms with Crippen LogP contribution in [0.1, 0.15) is 29.0 Å². The molecule has 1 amide bonds. The van der Waals surface area contributed by atoms with Crippen molar-refractivity contribution < 1.29 is 14.3 Å². The van der Waals surface area contributed by atoms with Crippen LogP contribution < -0.4 is 9.47 Å². The lowest BCUT2D eigenvalue weighted by Crippen LogP contribution is -2.37. The normalized spacial score (nSPS) is 14.1. The summed E-state index contributed by atoms with van der Waals surface area (Å²) in [6.07, 6.45) is 5.32. The Morgan fingerprint density at radius 1 is 1.03 bits per heavy atom. The van der Waals surface area contributed by atoms with Crippen molar-refractivity contribution in [1.82, 2.24) is 9.47 Å². The first-order chi connectivity index (χ1) is 15.1.